The van der Waals surface area contributed by atoms with Gasteiger partial charge in [-0.25, -0.2) is 0 Å². The Balaban J connectivity index is 1.88. The van der Waals surface area contributed by atoms with E-state index in [0.29, 0.717) is 16.5 Å². The molecule has 0 fully saturated rings. The molecule has 1 aromatic carbocycles. The molecule has 0 saturated heterocycles. The van der Waals surface area contributed by atoms with Crippen molar-refractivity contribution in [1.82, 2.24) is 5.32 Å². The molecule has 0 saturated carbocycles. The number of hydrogen-bond donors (Lipinski definition) is 3. The highest BCUT2D eigenvalue weighted by atomic mass is 35.5. The normalized spacial score (nSPS) is 11.9. The first-order valence-corrected chi connectivity index (χ1v) is 6.96. The van der Waals surface area contributed by atoms with Crippen LogP contribution in [0.15, 0.2) is 47.1 Å². The van der Waals surface area contributed by atoms with Gasteiger partial charge in [0.1, 0.15) is 11.8 Å². The summed E-state index contributed by atoms with van der Waals surface area (Å²) in [6, 6.07) is 9.00. The van der Waals surface area contributed by atoms with Crippen molar-refractivity contribution >= 4 is 29.2 Å². The lowest BCUT2D eigenvalue weighted by Crippen LogP contribution is -2.39. The van der Waals surface area contributed by atoms with Crippen molar-refractivity contribution in [2.45, 2.75) is 19.0 Å². The first-order valence-electron chi connectivity index (χ1n) is 6.58. The number of furan rings is 1. The van der Waals surface area contributed by atoms with Gasteiger partial charge in [0.25, 0.3) is 0 Å². The monoisotopic (exact) mass is 322 g/mol. The summed E-state index contributed by atoms with van der Waals surface area (Å²) in [6.45, 7) is 0.234. The molecule has 0 aliphatic carbocycles. The lowest BCUT2D eigenvalue weighted by Gasteiger charge is -2.13. The van der Waals surface area contributed by atoms with Gasteiger partial charge in [-0.15, -0.1) is 0 Å². The summed E-state index contributed by atoms with van der Waals surface area (Å²) < 4.78 is 5.11. The number of benzene rings is 1. The number of carbonyl (C=O) groups excluding carboxylic acids is 1. The van der Waals surface area contributed by atoms with Gasteiger partial charge >= 0.3 is 5.97 Å². The second-order valence-corrected chi connectivity index (χ2v) is 5.05. The van der Waals surface area contributed by atoms with Gasteiger partial charge in [-0.2, -0.15) is 0 Å². The molecule has 2 aromatic rings. The third-order valence-corrected chi connectivity index (χ3v) is 3.17. The lowest BCUT2D eigenvalue weighted by molar-refractivity contribution is -0.141. The fourth-order valence-corrected chi connectivity index (χ4v) is 1.94. The van der Waals surface area contributed by atoms with Crippen molar-refractivity contribution in [3.8, 4) is 0 Å². The van der Waals surface area contributed by atoms with Crippen molar-refractivity contribution in [1.29, 1.82) is 0 Å². The Morgan fingerprint density at radius 1 is 1.23 bits per heavy atom. The molecular formula is C15H15ClN2O4. The number of anilines is 1. The number of halogens is 1. The smallest absolute Gasteiger partial charge is 0.321 e. The first-order chi connectivity index (χ1) is 10.5. The Labute approximate surface area is 132 Å². The minimum atomic E-state index is -1.10. The summed E-state index contributed by atoms with van der Waals surface area (Å²) in [5, 5.41) is 15.1. The average Bonchev–Trinajstić information content (AvgIpc) is 2.99. The van der Waals surface area contributed by atoms with Crippen LogP contribution in [-0.2, 0) is 16.1 Å². The molecular weight excluding hydrogens is 308 g/mol. The summed E-state index contributed by atoms with van der Waals surface area (Å²) in [5.41, 5.74) is 0.560. The molecule has 1 aromatic heterocycles. The second-order valence-electron chi connectivity index (χ2n) is 4.61. The summed E-state index contributed by atoms with van der Waals surface area (Å²) in [7, 11) is 0. The summed E-state index contributed by atoms with van der Waals surface area (Å²) in [6.07, 6.45) is 1.30. The van der Waals surface area contributed by atoms with Crippen LogP contribution in [-0.4, -0.2) is 23.0 Å². The SMILES string of the molecule is O=C(C[C@@H](NCc1ccco1)C(=O)O)Nc1ccc(Cl)cc1. The van der Waals surface area contributed by atoms with Gasteiger partial charge in [0.05, 0.1) is 19.2 Å². The molecule has 0 radical (unpaired) electrons. The second kappa shape index (κ2) is 7.63. The highest BCUT2D eigenvalue weighted by Crippen LogP contribution is 2.13. The zero-order chi connectivity index (χ0) is 15.9. The van der Waals surface area contributed by atoms with Gasteiger partial charge in [0, 0.05) is 10.7 Å². The fourth-order valence-electron chi connectivity index (χ4n) is 1.81. The quantitative estimate of drug-likeness (QED) is 0.728. The number of carbonyl (C=O) groups is 2. The Bertz CT molecular complexity index is 626. The predicted molar refractivity (Wildman–Crippen MR) is 81.7 cm³/mol. The predicted octanol–water partition coefficient (Wildman–Crippen LogP) is 2.50. The molecule has 1 heterocycles. The summed E-state index contributed by atoms with van der Waals surface area (Å²) in [5.74, 6) is -0.899. The number of rotatable bonds is 7. The van der Waals surface area contributed by atoms with Crippen molar-refractivity contribution < 1.29 is 19.1 Å². The van der Waals surface area contributed by atoms with E-state index in [-0.39, 0.29) is 13.0 Å². The fraction of sp³-hybridized carbons (Fsp3) is 0.200. The van der Waals surface area contributed by atoms with Crippen LogP contribution in [0, 0.1) is 0 Å². The number of amides is 1. The minimum absolute atomic E-state index is 0.196. The molecule has 0 aliphatic rings. The van der Waals surface area contributed by atoms with Crippen LogP contribution < -0.4 is 10.6 Å². The first kappa shape index (κ1) is 16.1. The van der Waals surface area contributed by atoms with Crippen molar-refractivity contribution in [2.75, 3.05) is 5.32 Å². The molecule has 1 atom stereocenters. The maximum atomic E-state index is 11.9. The van der Waals surface area contributed by atoms with E-state index in [2.05, 4.69) is 10.6 Å². The van der Waals surface area contributed by atoms with Crippen molar-refractivity contribution in [3.63, 3.8) is 0 Å². The number of carboxylic acid groups (broad SMARTS) is 1. The number of hydrogen-bond acceptors (Lipinski definition) is 4. The molecule has 116 valence electrons. The maximum Gasteiger partial charge on any atom is 0.321 e. The molecule has 3 N–H and O–H groups in total. The molecule has 7 heteroatoms. The molecule has 0 spiro atoms. The molecule has 2 rings (SSSR count). The zero-order valence-corrected chi connectivity index (χ0v) is 12.3. The van der Waals surface area contributed by atoms with Gasteiger partial charge in [-0.3, -0.25) is 14.9 Å². The molecule has 6 nitrogen and oxygen atoms in total. The van der Waals surface area contributed by atoms with Crippen LogP contribution in [0.3, 0.4) is 0 Å². The van der Waals surface area contributed by atoms with Crippen LogP contribution in [0.5, 0.6) is 0 Å². The Morgan fingerprint density at radius 3 is 2.55 bits per heavy atom. The Kier molecular flexibility index (Phi) is 5.57. The third-order valence-electron chi connectivity index (χ3n) is 2.92. The highest BCUT2D eigenvalue weighted by molar-refractivity contribution is 6.30. The molecule has 0 bridgehead atoms. The van der Waals surface area contributed by atoms with Gasteiger partial charge in [-0.1, -0.05) is 11.6 Å². The number of aliphatic carboxylic acids is 1. The standard InChI is InChI=1S/C15H15ClN2O4/c16-10-3-5-11(6-4-10)18-14(19)8-13(15(20)21)17-9-12-2-1-7-22-12/h1-7,13,17H,8-9H2,(H,18,19)(H,20,21)/t13-/m1/s1. The van der Waals surface area contributed by atoms with E-state index in [0.717, 1.165) is 0 Å². The van der Waals surface area contributed by atoms with Gasteiger partial charge in [0.2, 0.25) is 5.91 Å². The topological polar surface area (TPSA) is 91.6 Å². The van der Waals surface area contributed by atoms with Gasteiger partial charge < -0.3 is 14.8 Å². The van der Waals surface area contributed by atoms with Crippen LogP contribution in [0.25, 0.3) is 0 Å². The van der Waals surface area contributed by atoms with Crippen molar-refractivity contribution in [3.05, 3.63) is 53.4 Å². The van der Waals surface area contributed by atoms with E-state index in [1.54, 1.807) is 36.4 Å². The Hall–Kier alpha value is -2.31. The molecule has 0 aliphatic heterocycles. The van der Waals surface area contributed by atoms with Crippen LogP contribution >= 0.6 is 11.6 Å². The van der Waals surface area contributed by atoms with E-state index in [9.17, 15) is 9.59 Å². The van der Waals surface area contributed by atoms with Crippen LogP contribution in [0.2, 0.25) is 5.02 Å². The lowest BCUT2D eigenvalue weighted by atomic mass is 10.2. The third kappa shape index (κ3) is 4.91. The minimum Gasteiger partial charge on any atom is -0.480 e. The molecule has 0 unspecified atom stereocenters. The van der Waals surface area contributed by atoms with Gasteiger partial charge in [0.15, 0.2) is 0 Å². The van der Waals surface area contributed by atoms with Crippen LogP contribution in [0.1, 0.15) is 12.2 Å². The summed E-state index contributed by atoms with van der Waals surface area (Å²) >= 11 is 5.75. The largest absolute Gasteiger partial charge is 0.480 e. The van der Waals surface area contributed by atoms with E-state index in [4.69, 9.17) is 21.1 Å². The molecule has 1 amide bonds. The van der Waals surface area contributed by atoms with Crippen molar-refractivity contribution in [2.24, 2.45) is 0 Å². The van der Waals surface area contributed by atoms with E-state index in [1.165, 1.54) is 6.26 Å². The van der Waals surface area contributed by atoms with E-state index >= 15 is 0 Å². The number of nitrogens with one attached hydrogen (secondary N) is 2. The molecule has 22 heavy (non-hydrogen) atoms. The van der Waals surface area contributed by atoms with Gasteiger partial charge in [-0.05, 0) is 36.4 Å². The van der Waals surface area contributed by atoms with E-state index in [1.807, 2.05) is 0 Å². The maximum absolute atomic E-state index is 11.9. The average molecular weight is 323 g/mol. The number of carboxylic acids is 1. The Morgan fingerprint density at radius 2 is 1.95 bits per heavy atom. The van der Waals surface area contributed by atoms with E-state index < -0.39 is 17.9 Å². The van der Waals surface area contributed by atoms with Crippen LogP contribution in [0.4, 0.5) is 5.69 Å². The summed E-state index contributed by atoms with van der Waals surface area (Å²) in [4.78, 5) is 23.1. The zero-order valence-electron chi connectivity index (χ0n) is 11.6. The highest BCUT2D eigenvalue weighted by Gasteiger charge is 2.21.